The molecule has 0 spiro atoms. The van der Waals surface area contributed by atoms with E-state index in [0.29, 0.717) is 20.4 Å². The lowest BCUT2D eigenvalue weighted by molar-refractivity contribution is -0.247. The van der Waals surface area contributed by atoms with Gasteiger partial charge in [0.15, 0.2) is 20.4 Å². The molecule has 0 saturated carbocycles. The van der Waals surface area contributed by atoms with Crippen molar-refractivity contribution in [2.75, 3.05) is 54.9 Å². The van der Waals surface area contributed by atoms with Crippen LogP contribution in [0.3, 0.4) is 0 Å². The zero-order chi connectivity index (χ0) is 14.5. The maximum absolute atomic E-state index is 4.62. The zero-order valence-electron chi connectivity index (χ0n) is 10.3. The van der Waals surface area contributed by atoms with Gasteiger partial charge < -0.3 is 14.2 Å². The van der Waals surface area contributed by atoms with Crippen LogP contribution in [0.4, 0.5) is 0 Å². The summed E-state index contributed by atoms with van der Waals surface area (Å²) in [4.78, 5) is 0. The van der Waals surface area contributed by atoms with Gasteiger partial charge >= 0.3 is 0 Å². The van der Waals surface area contributed by atoms with Gasteiger partial charge in [0, 0.05) is 0 Å². The fourth-order valence-corrected chi connectivity index (χ4v) is 0.279. The van der Waals surface area contributed by atoms with Crippen molar-refractivity contribution in [3.05, 3.63) is 0 Å². The van der Waals surface area contributed by atoms with Crippen LogP contribution in [0.25, 0.3) is 0 Å². The van der Waals surface area contributed by atoms with Crippen LogP contribution in [0.2, 0.25) is 0 Å². The molecule has 1 saturated heterocycles. The molecule has 1 rings (SSSR count). The average molecular weight is 373 g/mol. The Morgan fingerprint density at radius 1 is 0.444 bits per heavy atom. The van der Waals surface area contributed by atoms with Crippen LogP contribution in [0.15, 0.2) is 0 Å². The van der Waals surface area contributed by atoms with Crippen LogP contribution in [0.1, 0.15) is 0 Å². The maximum atomic E-state index is 4.62. The summed E-state index contributed by atoms with van der Waals surface area (Å²) in [5, 5.41) is 0. The van der Waals surface area contributed by atoms with Crippen molar-refractivity contribution in [2.45, 2.75) is 0 Å². The van der Waals surface area contributed by atoms with E-state index >= 15 is 0 Å². The Hall–Kier alpha value is 1.98. The van der Waals surface area contributed by atoms with Gasteiger partial charge in [0.05, 0.1) is 0 Å². The van der Waals surface area contributed by atoms with Gasteiger partial charge in [0.25, 0.3) is 0 Å². The minimum atomic E-state index is 0.375. The predicted octanol–water partition coefficient (Wildman–Crippen LogP) is 2.46. The normalized spacial score (nSPS) is 13.0. The first-order chi connectivity index (χ1) is 8.74. The Bertz CT molecular complexity index is 81.3. The van der Waals surface area contributed by atoms with Gasteiger partial charge in [-0.3, -0.25) is 0 Å². The quantitative estimate of drug-likeness (QED) is 0.430. The van der Waals surface area contributed by atoms with Crippen molar-refractivity contribution in [3.63, 3.8) is 0 Å². The minimum absolute atomic E-state index is 0.375. The Kier molecular flexibility index (Phi) is 43.5. The van der Waals surface area contributed by atoms with Crippen molar-refractivity contribution in [2.24, 2.45) is 0 Å². The molecule has 0 aromatic heterocycles. The number of rotatable bonds is 3. The summed E-state index contributed by atoms with van der Waals surface area (Å²) in [6.07, 6.45) is 0. The Morgan fingerprint density at radius 2 is 0.611 bits per heavy atom. The first-order valence-corrected chi connectivity index (χ1v) is 8.92. The fourth-order valence-electron chi connectivity index (χ4n) is 0.279. The highest BCUT2D eigenvalue weighted by molar-refractivity contribution is 7.84. The van der Waals surface area contributed by atoms with E-state index in [2.05, 4.69) is 90.0 Å². The van der Waals surface area contributed by atoms with Crippen molar-refractivity contribution in [3.8, 4) is 0 Å². The third-order valence-corrected chi connectivity index (χ3v) is 3.20. The molecule has 0 aromatic rings. The summed E-state index contributed by atoms with van der Waals surface area (Å²) in [5.41, 5.74) is 0. The van der Waals surface area contributed by atoms with Crippen LogP contribution < -0.4 is 0 Å². The van der Waals surface area contributed by atoms with E-state index in [1.165, 1.54) is 0 Å². The molecule has 0 radical (unpaired) electrons. The van der Waals surface area contributed by atoms with Crippen LogP contribution in [-0.4, -0.2) is 54.9 Å². The molecule has 0 bridgehead atoms. The molecule has 0 amide bonds. The molecular formula is C9H24O3S6. The molecular weight excluding hydrogens is 348 g/mol. The predicted molar refractivity (Wildman–Crippen MR) is 101 cm³/mol. The molecule has 0 atom stereocenters. The zero-order valence-corrected chi connectivity index (χ0v) is 15.6. The van der Waals surface area contributed by atoms with Crippen molar-refractivity contribution in [1.29, 1.82) is 0 Å². The molecule has 0 N–H and O–H groups in total. The Labute approximate surface area is 144 Å². The van der Waals surface area contributed by atoms with E-state index in [9.17, 15) is 0 Å². The molecule has 0 unspecified atom stereocenters. The van der Waals surface area contributed by atoms with Crippen LogP contribution in [-0.2, 0) is 14.2 Å². The fraction of sp³-hybridized carbons (Fsp3) is 1.00. The van der Waals surface area contributed by atoms with Gasteiger partial charge in [0.2, 0.25) is 0 Å². The third-order valence-electron chi connectivity index (χ3n) is 0.800. The third kappa shape index (κ3) is 43.0. The van der Waals surface area contributed by atoms with Crippen LogP contribution >= 0.6 is 75.8 Å². The van der Waals surface area contributed by atoms with E-state index < -0.39 is 0 Å². The molecule has 3 nitrogen and oxygen atoms in total. The highest BCUT2D eigenvalue weighted by Gasteiger charge is 1.93. The van der Waals surface area contributed by atoms with E-state index in [1.54, 1.807) is 0 Å². The summed E-state index contributed by atoms with van der Waals surface area (Å²) in [5.74, 6) is 5.27. The number of ether oxygens (including phenoxy) is 3. The number of hydrogen-bond acceptors (Lipinski definition) is 9. The maximum Gasteiger partial charge on any atom is 0.152 e. The molecule has 1 aliphatic heterocycles. The Morgan fingerprint density at radius 3 is 0.667 bits per heavy atom. The van der Waals surface area contributed by atoms with Crippen molar-refractivity contribution in [1.82, 2.24) is 0 Å². The summed E-state index contributed by atoms with van der Waals surface area (Å²) in [6, 6.07) is 0. The first-order valence-electron chi connectivity index (χ1n) is 5.13. The van der Waals surface area contributed by atoms with E-state index in [-0.39, 0.29) is 0 Å². The molecule has 1 fully saturated rings. The summed E-state index contributed by atoms with van der Waals surface area (Å²) in [7, 11) is 0. The van der Waals surface area contributed by atoms with Gasteiger partial charge in [-0.15, -0.1) is 0 Å². The molecule has 114 valence electrons. The second-order valence-corrected chi connectivity index (χ2v) is 4.99. The summed E-state index contributed by atoms with van der Waals surface area (Å²) >= 11 is 23.1. The van der Waals surface area contributed by atoms with Gasteiger partial charge in [-0.05, 0) is 34.5 Å². The second-order valence-electron chi connectivity index (χ2n) is 2.31. The summed E-state index contributed by atoms with van der Waals surface area (Å²) in [6.45, 7) is 1.12. The molecule has 0 aromatic carbocycles. The highest BCUT2D eigenvalue weighted by Crippen LogP contribution is 1.87. The van der Waals surface area contributed by atoms with Crippen molar-refractivity contribution < 1.29 is 14.2 Å². The van der Waals surface area contributed by atoms with Gasteiger partial charge in [-0.25, -0.2) is 0 Å². The molecule has 0 aliphatic carbocycles. The van der Waals surface area contributed by atoms with Crippen LogP contribution in [0.5, 0.6) is 0 Å². The monoisotopic (exact) mass is 372 g/mol. The van der Waals surface area contributed by atoms with Gasteiger partial charge in [-0.2, -0.15) is 75.8 Å². The topological polar surface area (TPSA) is 27.7 Å². The number of hydrogen-bond donors (Lipinski definition) is 6. The first kappa shape index (κ1) is 25.0. The van der Waals surface area contributed by atoms with E-state index in [4.69, 9.17) is 0 Å². The largest absolute Gasteiger partial charge is 0.329 e. The van der Waals surface area contributed by atoms with Crippen molar-refractivity contribution >= 4 is 75.8 Å². The highest BCUT2D eigenvalue weighted by atomic mass is 32.1. The van der Waals surface area contributed by atoms with E-state index in [1.807, 2.05) is 0 Å². The average Bonchev–Trinajstić information content (AvgIpc) is 2.49. The minimum Gasteiger partial charge on any atom is -0.329 e. The lowest BCUT2D eigenvalue weighted by atomic mass is 11.0. The molecule has 18 heavy (non-hydrogen) atoms. The molecule has 9 heteroatoms. The van der Waals surface area contributed by atoms with E-state index in [0.717, 1.165) is 34.5 Å². The number of thiol groups is 6. The lowest BCUT2D eigenvalue weighted by Crippen LogP contribution is -2.14. The SMILES string of the molecule is C1OCOCO1.SCCS.SCCS.SCCS. The molecule has 1 aliphatic rings. The van der Waals surface area contributed by atoms with Crippen LogP contribution in [0, 0.1) is 0 Å². The smallest absolute Gasteiger partial charge is 0.152 e. The Balaban J connectivity index is -0.000000171. The summed E-state index contributed by atoms with van der Waals surface area (Å²) < 4.78 is 13.9. The molecule has 1 heterocycles. The standard InChI is InChI=1S/C3H6O3.3C2H6S2/c1-4-2-6-3-5-1;3*3-1-2-4/h1-3H2;3*3-4H,1-2H2. The van der Waals surface area contributed by atoms with Gasteiger partial charge in [0.1, 0.15) is 0 Å². The lowest BCUT2D eigenvalue weighted by Gasteiger charge is -2.10. The van der Waals surface area contributed by atoms with Gasteiger partial charge in [-0.1, -0.05) is 0 Å². The second kappa shape index (κ2) is 31.4.